The van der Waals surface area contributed by atoms with Gasteiger partial charge in [-0.3, -0.25) is 0 Å². The van der Waals surface area contributed by atoms with Gasteiger partial charge in [0.15, 0.2) is 0 Å². The fourth-order valence-corrected chi connectivity index (χ4v) is 10.8. The van der Waals surface area contributed by atoms with E-state index in [1.807, 2.05) is 12.1 Å². The second-order valence-electron chi connectivity index (χ2n) is 6.57. The van der Waals surface area contributed by atoms with Crippen molar-refractivity contribution in [2.45, 2.75) is 25.9 Å². The predicted octanol–water partition coefficient (Wildman–Crippen LogP) is 2.39. The number of hydrogen-bond donors (Lipinski definition) is 1. The molecule has 0 bridgehead atoms. The van der Waals surface area contributed by atoms with Crippen LogP contribution in [0.25, 0.3) is 16.6 Å². The number of nitrogens with zero attached hydrogens (tertiary/aromatic N) is 1. The molecule has 0 aliphatic carbocycles. The third kappa shape index (κ3) is 2.40. The van der Waals surface area contributed by atoms with Gasteiger partial charge in [-0.25, -0.2) is 0 Å². The summed E-state index contributed by atoms with van der Waals surface area (Å²) in [7, 11) is -2.00. The molecule has 1 aromatic heterocycles. The summed E-state index contributed by atoms with van der Waals surface area (Å²) in [6.07, 6.45) is 0. The Kier molecular flexibility index (Phi) is 4.07. The van der Waals surface area contributed by atoms with E-state index < -0.39 is 8.07 Å². The number of phenols is 1. The molecule has 0 atom stereocenters. The van der Waals surface area contributed by atoms with Gasteiger partial charge in [-0.2, -0.15) is 0 Å². The van der Waals surface area contributed by atoms with Gasteiger partial charge in [-0.15, -0.1) is 0 Å². The summed E-state index contributed by atoms with van der Waals surface area (Å²) in [5, 5.41) is 15.1. The van der Waals surface area contributed by atoms with E-state index in [9.17, 15) is 5.11 Å². The first-order valence-electron chi connectivity index (χ1n) is 8.69. The van der Waals surface area contributed by atoms with Crippen molar-refractivity contribution >= 4 is 45.2 Å². The molecule has 3 aromatic rings. The van der Waals surface area contributed by atoms with Gasteiger partial charge in [0, 0.05) is 0 Å². The number of fused-ring (bicyclic) bond motifs is 2. The van der Waals surface area contributed by atoms with Crippen LogP contribution in [-0.2, 0) is 0 Å². The summed E-state index contributed by atoms with van der Waals surface area (Å²) >= 11 is 0.363. The Morgan fingerprint density at radius 3 is 2.60 bits per heavy atom. The fourth-order valence-electron chi connectivity index (χ4n) is 4.17. The molecule has 0 fully saturated rings. The molecule has 1 N–H and O–H groups in total. The molecule has 2 nitrogen and oxygen atoms in total. The van der Waals surface area contributed by atoms with Crippen molar-refractivity contribution in [3.63, 3.8) is 0 Å². The predicted molar refractivity (Wildman–Crippen MR) is 109 cm³/mol. The van der Waals surface area contributed by atoms with E-state index in [1.54, 1.807) is 6.07 Å². The monoisotopic (exact) mass is 411 g/mol. The Hall–Kier alpha value is -1.87. The topological polar surface area (TPSA) is 32.6 Å². The zero-order chi connectivity index (χ0) is 17.6. The van der Waals surface area contributed by atoms with Crippen LogP contribution in [0.4, 0.5) is 5.69 Å². The second kappa shape index (κ2) is 6.13. The Labute approximate surface area is 155 Å². The molecule has 0 amide bonds. The minimum atomic E-state index is -2.00. The number of hydrogen-bond acceptors (Lipinski definition) is 2. The summed E-state index contributed by atoms with van der Waals surface area (Å²) < 4.78 is 1.41. The van der Waals surface area contributed by atoms with Crippen molar-refractivity contribution in [3.05, 3.63) is 58.0 Å². The van der Waals surface area contributed by atoms with Crippen molar-refractivity contribution in [3.8, 4) is 15.8 Å². The molecule has 0 radical (unpaired) electrons. The van der Waals surface area contributed by atoms with Gasteiger partial charge in [-0.1, -0.05) is 0 Å². The maximum absolute atomic E-state index is 10.1. The molecule has 4 rings (SSSR count). The number of aromatic hydroxyl groups is 1. The van der Waals surface area contributed by atoms with Crippen molar-refractivity contribution in [2.24, 2.45) is 4.99 Å². The summed E-state index contributed by atoms with van der Waals surface area (Å²) in [6.45, 7) is 8.95. The molecule has 0 spiro atoms. The fraction of sp³-hybridized carbons (Fsp3) is 0.190. The van der Waals surface area contributed by atoms with E-state index in [2.05, 4.69) is 49.6 Å². The van der Waals surface area contributed by atoms with E-state index in [1.165, 1.54) is 20.4 Å². The summed E-state index contributed by atoms with van der Waals surface area (Å²) in [6, 6.07) is 16.6. The van der Waals surface area contributed by atoms with E-state index >= 15 is 0 Å². The molecule has 2 aromatic carbocycles. The van der Waals surface area contributed by atoms with Gasteiger partial charge in [0.25, 0.3) is 0 Å². The van der Waals surface area contributed by atoms with E-state index in [-0.39, 0.29) is 0 Å². The first-order chi connectivity index (χ1) is 12.1. The Bertz CT molecular complexity index is 1050. The first-order valence-corrected chi connectivity index (χ1v) is 12.9. The second-order valence-corrected chi connectivity index (χ2v) is 13.2. The molecule has 0 saturated carbocycles. The van der Waals surface area contributed by atoms with Crippen LogP contribution >= 0.6 is 0 Å². The first kappa shape index (κ1) is 16.6. The number of benzene rings is 2. The van der Waals surface area contributed by atoms with Crippen LogP contribution in [0.5, 0.6) is 5.75 Å². The third-order valence-electron chi connectivity index (χ3n) is 5.46. The van der Waals surface area contributed by atoms with Gasteiger partial charge in [0.2, 0.25) is 0 Å². The van der Waals surface area contributed by atoms with Gasteiger partial charge >= 0.3 is 155 Å². The molecule has 25 heavy (non-hydrogen) atoms. The molecule has 0 unspecified atom stereocenters. The summed E-state index contributed by atoms with van der Waals surface area (Å²) in [5.41, 5.74) is 2.36. The molecular weight excluding hydrogens is 389 g/mol. The van der Waals surface area contributed by atoms with Crippen LogP contribution in [0.2, 0.25) is 12.1 Å². The quantitative estimate of drug-likeness (QED) is 0.661. The molecular formula is C21H21NOSeSi. The SMILES string of the molecule is C=c1ccc2c(c1-c1ccc[se]1)[Si](CC)(CC)c1cc(O)ccc1N=2. The Balaban J connectivity index is 2.19. The van der Waals surface area contributed by atoms with Crippen molar-refractivity contribution in [1.82, 2.24) is 0 Å². The Morgan fingerprint density at radius 1 is 1.12 bits per heavy atom. The average molecular weight is 410 g/mol. The molecule has 1 aliphatic heterocycles. The van der Waals surface area contributed by atoms with Crippen LogP contribution in [0.1, 0.15) is 13.8 Å². The van der Waals surface area contributed by atoms with Crippen LogP contribution in [0.15, 0.2) is 52.4 Å². The standard InChI is InChI=1S/C21H21NOSeSi/c1-4-25(5-2)19-13-15(23)9-11-16(19)22-17-10-8-14(3)20(21(17)25)18-7-6-12-24-18/h6-13,23H,3-5H2,1-2H3. The van der Waals surface area contributed by atoms with Gasteiger partial charge in [0.05, 0.1) is 0 Å². The van der Waals surface area contributed by atoms with Gasteiger partial charge in [-0.05, 0) is 0 Å². The summed E-state index contributed by atoms with van der Waals surface area (Å²) in [5.74, 6) is 0.342. The Morgan fingerprint density at radius 2 is 1.92 bits per heavy atom. The molecule has 2 heterocycles. The minimum absolute atomic E-state index is 0.342. The van der Waals surface area contributed by atoms with Gasteiger partial charge < -0.3 is 0 Å². The zero-order valence-electron chi connectivity index (χ0n) is 14.5. The molecule has 126 valence electrons. The summed E-state index contributed by atoms with van der Waals surface area (Å²) in [4.78, 5) is 7.24. The molecule has 1 aliphatic rings. The van der Waals surface area contributed by atoms with E-state index in [0.29, 0.717) is 20.3 Å². The zero-order valence-corrected chi connectivity index (χ0v) is 17.3. The normalized spacial score (nSPS) is 14.5. The maximum atomic E-state index is 10.1. The average Bonchev–Trinajstić information content (AvgIpc) is 3.15. The van der Waals surface area contributed by atoms with E-state index in [0.717, 1.165) is 28.4 Å². The van der Waals surface area contributed by atoms with Crippen LogP contribution in [-0.4, -0.2) is 27.7 Å². The van der Waals surface area contributed by atoms with Crippen molar-refractivity contribution in [1.29, 1.82) is 0 Å². The third-order valence-corrected chi connectivity index (χ3v) is 12.6. The van der Waals surface area contributed by atoms with Crippen molar-refractivity contribution in [2.75, 3.05) is 0 Å². The van der Waals surface area contributed by atoms with Gasteiger partial charge in [0.1, 0.15) is 0 Å². The van der Waals surface area contributed by atoms with E-state index in [4.69, 9.17) is 4.99 Å². The number of rotatable bonds is 3. The van der Waals surface area contributed by atoms with Crippen molar-refractivity contribution < 1.29 is 5.11 Å². The van der Waals surface area contributed by atoms with Crippen LogP contribution in [0, 0.1) is 0 Å². The number of phenolic OH excluding ortho intramolecular Hbond substituents is 1. The van der Waals surface area contributed by atoms with Crippen LogP contribution < -0.4 is 20.9 Å². The van der Waals surface area contributed by atoms with Crippen LogP contribution in [0.3, 0.4) is 0 Å². The molecule has 4 heteroatoms. The molecule has 0 saturated heterocycles.